The zero-order chi connectivity index (χ0) is 13.8. The highest BCUT2D eigenvalue weighted by Gasteiger charge is 2.31. The molecule has 0 spiro atoms. The minimum Gasteiger partial charge on any atom is -0.489 e. The minimum absolute atomic E-state index is 0.215. The second kappa shape index (κ2) is 6.29. The molecule has 1 fully saturated rings. The van der Waals surface area contributed by atoms with Gasteiger partial charge in [-0.05, 0) is 58.8 Å². The second-order valence-corrected chi connectivity index (χ2v) is 5.67. The second-order valence-electron chi connectivity index (χ2n) is 5.67. The molecule has 1 aliphatic rings. The van der Waals surface area contributed by atoms with E-state index in [0.29, 0.717) is 6.04 Å². The van der Waals surface area contributed by atoms with E-state index < -0.39 is 0 Å². The topological polar surface area (TPSA) is 24.5 Å². The van der Waals surface area contributed by atoms with Crippen LogP contribution in [0, 0.1) is 5.92 Å². The molecule has 106 valence electrons. The van der Waals surface area contributed by atoms with E-state index in [1.165, 1.54) is 12.1 Å². The van der Waals surface area contributed by atoms with Gasteiger partial charge in [0.25, 0.3) is 0 Å². The van der Waals surface area contributed by atoms with Crippen molar-refractivity contribution in [1.29, 1.82) is 0 Å². The maximum Gasteiger partial charge on any atom is 0.142 e. The number of ether oxygens (including phenoxy) is 1. The normalized spacial score (nSPS) is 23.1. The van der Waals surface area contributed by atoms with Crippen LogP contribution in [0.5, 0.6) is 5.75 Å². The van der Waals surface area contributed by atoms with Gasteiger partial charge in [0.1, 0.15) is 5.75 Å². The number of hydrogen-bond donors (Lipinski definition) is 1. The predicted molar refractivity (Wildman–Crippen MR) is 81.0 cm³/mol. The first-order valence-corrected chi connectivity index (χ1v) is 7.30. The van der Waals surface area contributed by atoms with Gasteiger partial charge in [0.15, 0.2) is 0 Å². The number of nitrogens with one attached hydrogen (secondary N) is 1. The van der Waals surface area contributed by atoms with E-state index in [9.17, 15) is 0 Å². The highest BCUT2D eigenvalue weighted by atomic mass is 16.5. The van der Waals surface area contributed by atoms with Crippen LogP contribution in [0.1, 0.15) is 27.2 Å². The van der Waals surface area contributed by atoms with Gasteiger partial charge in [-0.1, -0.05) is 12.1 Å². The largest absolute Gasteiger partial charge is 0.489 e. The molecule has 1 aromatic carbocycles. The lowest BCUT2D eigenvalue weighted by Gasteiger charge is -2.29. The Balaban J connectivity index is 2.18. The minimum atomic E-state index is 0.215. The summed E-state index contributed by atoms with van der Waals surface area (Å²) in [6, 6.07) is 8.96. The summed E-state index contributed by atoms with van der Waals surface area (Å²) >= 11 is 0. The average Bonchev–Trinajstić information content (AvgIpc) is 2.72. The Hall–Kier alpha value is -1.22. The van der Waals surface area contributed by atoms with Crippen LogP contribution in [-0.4, -0.2) is 32.3 Å². The third-order valence-corrected chi connectivity index (χ3v) is 3.92. The molecule has 0 radical (unpaired) electrons. The molecule has 1 heterocycles. The lowest BCUT2D eigenvalue weighted by Crippen LogP contribution is -2.33. The van der Waals surface area contributed by atoms with Gasteiger partial charge in [0, 0.05) is 12.6 Å². The third kappa shape index (κ3) is 3.21. The van der Waals surface area contributed by atoms with Gasteiger partial charge in [-0.25, -0.2) is 0 Å². The lowest BCUT2D eigenvalue weighted by molar-refractivity contribution is 0.242. The van der Waals surface area contributed by atoms with Crippen LogP contribution in [0.2, 0.25) is 0 Å². The summed E-state index contributed by atoms with van der Waals surface area (Å²) in [4.78, 5) is 2.49. The molecule has 0 saturated carbocycles. The quantitative estimate of drug-likeness (QED) is 0.883. The van der Waals surface area contributed by atoms with Gasteiger partial charge >= 0.3 is 0 Å². The molecule has 2 unspecified atom stereocenters. The van der Waals surface area contributed by atoms with Crippen molar-refractivity contribution in [3.05, 3.63) is 24.3 Å². The van der Waals surface area contributed by atoms with E-state index in [4.69, 9.17) is 4.74 Å². The van der Waals surface area contributed by atoms with E-state index >= 15 is 0 Å². The number of anilines is 1. The fourth-order valence-electron chi connectivity index (χ4n) is 2.93. The van der Waals surface area contributed by atoms with Crippen molar-refractivity contribution in [2.75, 3.05) is 25.0 Å². The molecule has 0 aromatic heterocycles. The molecule has 0 bridgehead atoms. The Morgan fingerprint density at radius 1 is 1.37 bits per heavy atom. The number of rotatable bonds is 5. The fraction of sp³-hybridized carbons (Fsp3) is 0.625. The van der Waals surface area contributed by atoms with Crippen molar-refractivity contribution in [2.45, 2.75) is 39.3 Å². The van der Waals surface area contributed by atoms with Crippen molar-refractivity contribution in [1.82, 2.24) is 5.32 Å². The first-order valence-electron chi connectivity index (χ1n) is 7.30. The molecule has 2 atom stereocenters. The highest BCUT2D eigenvalue weighted by molar-refractivity contribution is 5.59. The Kier molecular flexibility index (Phi) is 4.70. The van der Waals surface area contributed by atoms with Crippen molar-refractivity contribution in [3.63, 3.8) is 0 Å². The van der Waals surface area contributed by atoms with Crippen LogP contribution >= 0.6 is 0 Å². The molecule has 3 heteroatoms. The summed E-state index contributed by atoms with van der Waals surface area (Å²) in [5, 5.41) is 3.30. The van der Waals surface area contributed by atoms with Crippen LogP contribution in [-0.2, 0) is 0 Å². The van der Waals surface area contributed by atoms with Gasteiger partial charge in [0.05, 0.1) is 11.8 Å². The maximum atomic E-state index is 5.94. The Labute approximate surface area is 116 Å². The average molecular weight is 262 g/mol. The van der Waals surface area contributed by atoms with E-state index in [-0.39, 0.29) is 6.10 Å². The summed E-state index contributed by atoms with van der Waals surface area (Å²) < 4.78 is 5.94. The van der Waals surface area contributed by atoms with Crippen molar-refractivity contribution in [2.24, 2.45) is 5.92 Å². The molecule has 2 rings (SSSR count). The Morgan fingerprint density at radius 3 is 2.79 bits per heavy atom. The molecule has 1 saturated heterocycles. The molecule has 1 aliphatic heterocycles. The highest BCUT2D eigenvalue weighted by Crippen LogP contribution is 2.36. The summed E-state index contributed by atoms with van der Waals surface area (Å²) in [5.74, 6) is 1.73. The molecular weight excluding hydrogens is 236 g/mol. The standard InChI is InChI=1S/C16H26N2O/c1-12(2)19-16-8-6-5-7-15(16)18-10-9-14(11-17-4)13(18)3/h5-8,12-14,17H,9-11H2,1-4H3. The Morgan fingerprint density at radius 2 is 2.11 bits per heavy atom. The first-order chi connectivity index (χ1) is 9.13. The molecule has 3 nitrogen and oxygen atoms in total. The number of hydrogen-bond acceptors (Lipinski definition) is 3. The van der Waals surface area contributed by atoms with Gasteiger partial charge in [-0.3, -0.25) is 0 Å². The van der Waals surface area contributed by atoms with Crippen molar-refractivity contribution < 1.29 is 4.74 Å². The maximum absolute atomic E-state index is 5.94. The summed E-state index contributed by atoms with van der Waals surface area (Å²) in [5.41, 5.74) is 1.24. The van der Waals surface area contributed by atoms with E-state index in [1.54, 1.807) is 0 Å². The number of benzene rings is 1. The Bertz CT molecular complexity index is 405. The van der Waals surface area contributed by atoms with Gasteiger partial charge in [0.2, 0.25) is 0 Å². The first kappa shape index (κ1) is 14.2. The zero-order valence-corrected chi connectivity index (χ0v) is 12.5. The summed E-state index contributed by atoms with van der Waals surface area (Å²) in [7, 11) is 2.03. The van der Waals surface area contributed by atoms with Gasteiger partial charge in [-0.2, -0.15) is 0 Å². The van der Waals surface area contributed by atoms with Crippen LogP contribution in [0.25, 0.3) is 0 Å². The molecular formula is C16H26N2O. The van der Waals surface area contributed by atoms with E-state index in [0.717, 1.165) is 24.8 Å². The third-order valence-electron chi connectivity index (χ3n) is 3.92. The van der Waals surface area contributed by atoms with Crippen molar-refractivity contribution in [3.8, 4) is 5.75 Å². The van der Waals surface area contributed by atoms with E-state index in [2.05, 4.69) is 49.2 Å². The lowest BCUT2D eigenvalue weighted by atomic mass is 10.0. The van der Waals surface area contributed by atoms with Crippen LogP contribution in [0.3, 0.4) is 0 Å². The van der Waals surface area contributed by atoms with E-state index in [1.807, 2.05) is 13.1 Å². The zero-order valence-electron chi connectivity index (χ0n) is 12.5. The molecule has 0 aliphatic carbocycles. The van der Waals surface area contributed by atoms with Crippen molar-refractivity contribution >= 4 is 5.69 Å². The molecule has 19 heavy (non-hydrogen) atoms. The molecule has 0 amide bonds. The summed E-state index contributed by atoms with van der Waals surface area (Å²) in [6.07, 6.45) is 1.46. The SMILES string of the molecule is CNCC1CCN(c2ccccc2OC(C)C)C1C. The summed E-state index contributed by atoms with van der Waals surface area (Å²) in [6.45, 7) is 8.68. The van der Waals surface area contributed by atoms with Crippen LogP contribution in [0.15, 0.2) is 24.3 Å². The monoisotopic (exact) mass is 262 g/mol. The van der Waals surface area contributed by atoms with Gasteiger partial charge in [-0.15, -0.1) is 0 Å². The molecule has 1 aromatic rings. The molecule has 1 N–H and O–H groups in total. The fourth-order valence-corrected chi connectivity index (χ4v) is 2.93. The smallest absolute Gasteiger partial charge is 0.142 e. The van der Waals surface area contributed by atoms with Gasteiger partial charge < -0.3 is 15.0 Å². The number of nitrogens with zero attached hydrogens (tertiary/aromatic N) is 1. The van der Waals surface area contributed by atoms with Crippen LogP contribution in [0.4, 0.5) is 5.69 Å². The predicted octanol–water partition coefficient (Wildman–Crippen LogP) is 2.91. The number of para-hydroxylation sites is 2. The van der Waals surface area contributed by atoms with Crippen LogP contribution < -0.4 is 15.0 Å².